The summed E-state index contributed by atoms with van der Waals surface area (Å²) in [5, 5.41) is 4.21. The second kappa shape index (κ2) is 21.0. The molecule has 7 nitrogen and oxygen atoms in total. The number of hydrogen-bond acceptors (Lipinski definition) is 7. The number of aryl methyl sites for hydroxylation is 1. The Balaban J connectivity index is 0.000000528. The lowest BCUT2D eigenvalue weighted by atomic mass is 10.0. The van der Waals surface area contributed by atoms with Crippen LogP contribution < -0.4 is 5.32 Å². The Hall–Kier alpha value is -2.87. The van der Waals surface area contributed by atoms with Gasteiger partial charge in [0.15, 0.2) is 0 Å². The minimum atomic E-state index is 0.419. The molecule has 3 heterocycles. The standard InChI is InChI=1S/C24H43N5.C11H13Cl.2CH2O/c1-7-19(2)26(6)22-12-15-27(17-22)18-23-10-8-14-29(23)20(3)16-28-13-9-11-24(25-5)21(28)4;1-8(2)6-10-7-11(12)5-4-9(10)3;2*1-2/h22-25H,2-4,7-18H2,1,5-6H3;4-7H,1-3H3;2*1H2/t22?,23?,24-;;;/m0.../s1. The molecule has 252 valence electrons. The molecule has 4 rings (SSSR count). The predicted molar refractivity (Wildman–Crippen MR) is 193 cm³/mol. The molecule has 3 saturated heterocycles. The molecule has 0 saturated carbocycles. The largest absolute Gasteiger partial charge is 0.374 e. The minimum absolute atomic E-state index is 0.419. The van der Waals surface area contributed by atoms with Gasteiger partial charge in [-0.2, -0.15) is 0 Å². The third-order valence-electron chi connectivity index (χ3n) is 9.09. The van der Waals surface area contributed by atoms with Crippen LogP contribution in [0.25, 0.3) is 6.08 Å². The summed E-state index contributed by atoms with van der Waals surface area (Å²) < 4.78 is 0. The first kappa shape index (κ1) is 40.2. The zero-order valence-corrected chi connectivity index (χ0v) is 29.8. The average molecular weight is 642 g/mol. The SMILES string of the molecule is C=C1[C@@H](NC)CCCN1CC(=C)N1CCCC1CN1CCC(N(C)C(=C)CC)C1.C=O.C=O.CC(C)=Cc1cc(Cl)ccc1C. The van der Waals surface area contributed by atoms with E-state index in [-0.39, 0.29) is 0 Å². The lowest BCUT2D eigenvalue weighted by Gasteiger charge is -2.39. The molecule has 0 spiro atoms. The maximum atomic E-state index is 8.00. The van der Waals surface area contributed by atoms with Crippen molar-refractivity contribution in [2.75, 3.05) is 53.4 Å². The molecule has 0 radical (unpaired) electrons. The number of carbonyl (C=O) groups excluding carboxylic acids is 2. The highest BCUT2D eigenvalue weighted by Crippen LogP contribution is 2.28. The fourth-order valence-corrected chi connectivity index (χ4v) is 6.62. The first-order valence-electron chi connectivity index (χ1n) is 16.2. The van der Waals surface area contributed by atoms with Crippen molar-refractivity contribution in [3.63, 3.8) is 0 Å². The highest BCUT2D eigenvalue weighted by Gasteiger charge is 2.33. The van der Waals surface area contributed by atoms with Crippen LogP contribution in [0, 0.1) is 6.92 Å². The van der Waals surface area contributed by atoms with Crippen molar-refractivity contribution < 1.29 is 9.59 Å². The van der Waals surface area contributed by atoms with E-state index in [9.17, 15) is 0 Å². The number of halogens is 1. The number of piperidine rings is 1. The molecule has 3 atom stereocenters. The lowest BCUT2D eigenvalue weighted by molar-refractivity contribution is -0.0987. The molecule has 8 heteroatoms. The molecule has 1 aromatic rings. The molecule has 1 N–H and O–H groups in total. The quantitative estimate of drug-likeness (QED) is 0.302. The number of hydrogen-bond donors (Lipinski definition) is 1. The van der Waals surface area contributed by atoms with Crippen LogP contribution in [0.15, 0.2) is 60.6 Å². The van der Waals surface area contributed by atoms with E-state index < -0.39 is 0 Å². The predicted octanol–water partition coefficient (Wildman–Crippen LogP) is 6.79. The first-order valence-corrected chi connectivity index (χ1v) is 16.6. The summed E-state index contributed by atoms with van der Waals surface area (Å²) in [6.45, 7) is 32.3. The van der Waals surface area contributed by atoms with Gasteiger partial charge >= 0.3 is 0 Å². The number of allylic oxidation sites excluding steroid dienone is 2. The van der Waals surface area contributed by atoms with E-state index in [1.165, 1.54) is 85.5 Å². The van der Waals surface area contributed by atoms with E-state index in [2.05, 4.69) is 85.5 Å². The van der Waals surface area contributed by atoms with E-state index in [1.54, 1.807) is 0 Å². The second-order valence-electron chi connectivity index (χ2n) is 12.4. The van der Waals surface area contributed by atoms with Gasteiger partial charge in [0, 0.05) is 80.0 Å². The van der Waals surface area contributed by atoms with Crippen LogP contribution in [0.4, 0.5) is 0 Å². The van der Waals surface area contributed by atoms with Gasteiger partial charge in [-0.1, -0.05) is 56.0 Å². The Labute approximate surface area is 279 Å². The van der Waals surface area contributed by atoms with E-state index in [0.29, 0.717) is 18.1 Å². The molecule has 0 aliphatic carbocycles. The third-order valence-corrected chi connectivity index (χ3v) is 9.33. The van der Waals surface area contributed by atoms with Crippen LogP contribution in [-0.4, -0.2) is 105 Å². The van der Waals surface area contributed by atoms with Gasteiger partial charge < -0.3 is 29.6 Å². The van der Waals surface area contributed by atoms with Crippen molar-refractivity contribution in [1.82, 2.24) is 24.9 Å². The van der Waals surface area contributed by atoms with Crippen LogP contribution in [-0.2, 0) is 9.59 Å². The zero-order valence-electron chi connectivity index (χ0n) is 29.0. The van der Waals surface area contributed by atoms with Crippen LogP contribution >= 0.6 is 11.6 Å². The van der Waals surface area contributed by atoms with Gasteiger partial charge in [-0.3, -0.25) is 4.90 Å². The number of nitrogens with zero attached hydrogens (tertiary/aromatic N) is 4. The third kappa shape index (κ3) is 12.4. The summed E-state index contributed by atoms with van der Waals surface area (Å²) in [5.74, 6) is 0. The van der Waals surface area contributed by atoms with E-state index >= 15 is 0 Å². The van der Waals surface area contributed by atoms with Crippen LogP contribution in [0.3, 0.4) is 0 Å². The molecule has 1 aromatic carbocycles. The van der Waals surface area contributed by atoms with Gasteiger partial charge in [0.05, 0.1) is 6.54 Å². The molecule has 3 fully saturated rings. The van der Waals surface area contributed by atoms with Crippen molar-refractivity contribution in [3.05, 3.63) is 76.7 Å². The summed E-state index contributed by atoms with van der Waals surface area (Å²) >= 11 is 5.87. The normalized spacial score (nSPS) is 21.0. The lowest BCUT2D eigenvalue weighted by Crippen LogP contribution is -2.45. The molecule has 0 aromatic heterocycles. The van der Waals surface area contributed by atoms with Gasteiger partial charge in [-0.05, 0) is 89.6 Å². The van der Waals surface area contributed by atoms with Gasteiger partial charge in [-0.25, -0.2) is 0 Å². The maximum absolute atomic E-state index is 8.00. The Kier molecular flexibility index (Phi) is 18.8. The Morgan fingerprint density at radius 3 is 2.36 bits per heavy atom. The second-order valence-corrected chi connectivity index (χ2v) is 12.8. The van der Waals surface area contributed by atoms with E-state index in [0.717, 1.165) is 31.1 Å². The Morgan fingerprint density at radius 2 is 1.73 bits per heavy atom. The van der Waals surface area contributed by atoms with Crippen LogP contribution in [0.1, 0.15) is 70.4 Å². The average Bonchev–Trinajstić information content (AvgIpc) is 3.71. The van der Waals surface area contributed by atoms with Crippen LogP contribution in [0.2, 0.25) is 5.02 Å². The van der Waals surface area contributed by atoms with Crippen molar-refractivity contribution in [2.45, 2.75) is 84.3 Å². The monoisotopic (exact) mass is 641 g/mol. The molecule has 0 bridgehead atoms. The molecule has 3 aliphatic heterocycles. The van der Waals surface area contributed by atoms with Crippen molar-refractivity contribution >= 4 is 31.3 Å². The van der Waals surface area contributed by atoms with Crippen molar-refractivity contribution in [2.24, 2.45) is 0 Å². The summed E-state index contributed by atoms with van der Waals surface area (Å²) in [6, 6.07) is 7.59. The number of carbonyl (C=O) groups is 2. The molecule has 2 unspecified atom stereocenters. The number of benzene rings is 1. The molecular formula is C37H60ClN5O2. The smallest absolute Gasteiger partial charge is 0.106 e. The first-order chi connectivity index (χ1) is 21.5. The summed E-state index contributed by atoms with van der Waals surface area (Å²) in [6.07, 6.45) is 9.43. The van der Waals surface area contributed by atoms with Gasteiger partial charge in [0.1, 0.15) is 13.6 Å². The number of likely N-dealkylation sites (N-methyl/N-ethyl adjacent to an activating group) is 2. The van der Waals surface area contributed by atoms with Gasteiger partial charge in [-0.15, -0.1) is 0 Å². The van der Waals surface area contributed by atoms with E-state index in [4.69, 9.17) is 21.2 Å². The topological polar surface area (TPSA) is 59.1 Å². The summed E-state index contributed by atoms with van der Waals surface area (Å²) in [7, 11) is 4.26. The number of rotatable bonds is 10. The molecule has 3 aliphatic rings. The summed E-state index contributed by atoms with van der Waals surface area (Å²) in [5.41, 5.74) is 7.53. The molecule has 45 heavy (non-hydrogen) atoms. The van der Waals surface area contributed by atoms with Crippen LogP contribution in [0.5, 0.6) is 0 Å². The Bertz CT molecular complexity index is 1120. The highest BCUT2D eigenvalue weighted by molar-refractivity contribution is 6.30. The highest BCUT2D eigenvalue weighted by atomic mass is 35.5. The fourth-order valence-electron chi connectivity index (χ4n) is 6.44. The van der Waals surface area contributed by atoms with E-state index in [1.807, 2.05) is 38.8 Å². The Morgan fingerprint density at radius 1 is 1.07 bits per heavy atom. The van der Waals surface area contributed by atoms with Gasteiger partial charge in [0.25, 0.3) is 0 Å². The number of likely N-dealkylation sites (tertiary alicyclic amines) is 3. The van der Waals surface area contributed by atoms with Crippen molar-refractivity contribution in [1.29, 1.82) is 0 Å². The van der Waals surface area contributed by atoms with Crippen molar-refractivity contribution in [3.8, 4) is 0 Å². The molecule has 0 amide bonds. The number of nitrogens with one attached hydrogen (secondary N) is 1. The fraction of sp³-hybridized carbons (Fsp3) is 0.568. The minimum Gasteiger partial charge on any atom is -0.374 e. The zero-order chi connectivity index (χ0) is 34.1. The maximum Gasteiger partial charge on any atom is 0.106 e. The van der Waals surface area contributed by atoms with Gasteiger partial charge in [0.2, 0.25) is 0 Å². The summed E-state index contributed by atoms with van der Waals surface area (Å²) in [4.78, 5) is 26.1. The molecular weight excluding hydrogens is 582 g/mol.